The summed E-state index contributed by atoms with van der Waals surface area (Å²) in [6.45, 7) is 0.409. The minimum atomic E-state index is -0.707. The van der Waals surface area contributed by atoms with Gasteiger partial charge in [0.25, 0.3) is 0 Å². The summed E-state index contributed by atoms with van der Waals surface area (Å²) in [6.07, 6.45) is 1.16. The molecule has 1 aliphatic heterocycles. The molecular weight excluding hydrogens is 280 g/mol. The summed E-state index contributed by atoms with van der Waals surface area (Å²) in [5, 5.41) is 11.1. The number of aromatic nitrogens is 1. The highest BCUT2D eigenvalue weighted by molar-refractivity contribution is 5.89. The number of nitro groups is 1. The van der Waals surface area contributed by atoms with E-state index in [1.165, 1.54) is 24.1 Å². The predicted molar refractivity (Wildman–Crippen MR) is 71.8 cm³/mol. The molecule has 2 heterocycles. The zero-order valence-corrected chi connectivity index (χ0v) is 11.3. The van der Waals surface area contributed by atoms with Crippen molar-refractivity contribution in [3.63, 3.8) is 0 Å². The molecule has 21 heavy (non-hydrogen) atoms. The molecule has 1 aliphatic rings. The van der Waals surface area contributed by atoms with Crippen LogP contribution in [-0.2, 0) is 9.53 Å². The lowest BCUT2D eigenvalue weighted by molar-refractivity contribution is -0.384. The maximum atomic E-state index is 11.5. The van der Waals surface area contributed by atoms with E-state index in [0.29, 0.717) is 19.4 Å². The van der Waals surface area contributed by atoms with E-state index in [9.17, 15) is 19.7 Å². The van der Waals surface area contributed by atoms with Crippen LogP contribution in [0.25, 0.3) is 0 Å². The first-order chi connectivity index (χ1) is 9.95. The Bertz CT molecular complexity index is 603. The van der Waals surface area contributed by atoms with Crippen molar-refractivity contribution in [1.82, 2.24) is 4.98 Å². The molecule has 2 N–H and O–H groups in total. The summed E-state index contributed by atoms with van der Waals surface area (Å²) in [4.78, 5) is 38.9. The van der Waals surface area contributed by atoms with Crippen molar-refractivity contribution in [1.29, 1.82) is 0 Å². The largest absolute Gasteiger partial charge is 0.464 e. The Balaban J connectivity index is 2.50. The fourth-order valence-corrected chi connectivity index (χ4v) is 2.33. The van der Waals surface area contributed by atoms with E-state index >= 15 is 0 Å². The van der Waals surface area contributed by atoms with E-state index in [2.05, 4.69) is 9.72 Å². The molecule has 0 radical (unpaired) electrons. The summed E-state index contributed by atoms with van der Waals surface area (Å²) in [6, 6.07) is 1.72. The van der Waals surface area contributed by atoms with Crippen LogP contribution in [0.5, 0.6) is 0 Å². The molecule has 1 amide bonds. The lowest BCUT2D eigenvalue weighted by atomic mass is 10.2. The fraction of sp³-hybridized carbons (Fsp3) is 0.417. The van der Waals surface area contributed by atoms with Crippen molar-refractivity contribution in [3.05, 3.63) is 27.9 Å². The third kappa shape index (κ3) is 2.76. The van der Waals surface area contributed by atoms with Crippen LogP contribution in [-0.4, -0.2) is 41.5 Å². The fourth-order valence-electron chi connectivity index (χ4n) is 2.33. The molecule has 1 fully saturated rings. The van der Waals surface area contributed by atoms with E-state index < -0.39 is 22.8 Å². The van der Waals surface area contributed by atoms with E-state index in [1.807, 2.05) is 0 Å². The molecule has 1 saturated heterocycles. The van der Waals surface area contributed by atoms with E-state index in [0.717, 1.165) is 0 Å². The van der Waals surface area contributed by atoms with Crippen LogP contribution in [0.2, 0.25) is 0 Å². The zero-order chi connectivity index (χ0) is 15.6. The minimum absolute atomic E-state index is 0.0378. The highest BCUT2D eigenvalue weighted by Crippen LogP contribution is 2.32. The maximum Gasteiger partial charge on any atom is 0.356 e. The average molecular weight is 294 g/mol. The number of anilines is 1. The summed E-state index contributed by atoms with van der Waals surface area (Å²) in [5.41, 5.74) is 4.96. The van der Waals surface area contributed by atoms with E-state index in [1.54, 1.807) is 0 Å². The van der Waals surface area contributed by atoms with Crippen LogP contribution >= 0.6 is 0 Å². The van der Waals surface area contributed by atoms with Crippen LogP contribution in [0.1, 0.15) is 23.3 Å². The van der Waals surface area contributed by atoms with E-state index in [-0.39, 0.29) is 17.2 Å². The second-order valence-electron chi connectivity index (χ2n) is 4.54. The van der Waals surface area contributed by atoms with Gasteiger partial charge in [0.15, 0.2) is 5.69 Å². The SMILES string of the molecule is COC(=O)c1ccc([N+](=O)[O-])c(N2CCCC2C(N)=O)n1. The first-order valence-electron chi connectivity index (χ1n) is 6.25. The standard InChI is InChI=1S/C12H14N4O5/c1-21-12(18)7-4-5-9(16(19)20)11(14-7)15-6-2-3-8(15)10(13)17/h4-5,8H,2-3,6H2,1H3,(H2,13,17). The molecule has 0 spiro atoms. The van der Waals surface area contributed by atoms with Gasteiger partial charge in [0.2, 0.25) is 11.7 Å². The highest BCUT2D eigenvalue weighted by atomic mass is 16.6. The number of nitrogens with zero attached hydrogens (tertiary/aromatic N) is 3. The quantitative estimate of drug-likeness (QED) is 0.478. The van der Waals surface area contributed by atoms with Gasteiger partial charge < -0.3 is 15.4 Å². The van der Waals surface area contributed by atoms with Gasteiger partial charge in [-0.3, -0.25) is 14.9 Å². The number of primary amides is 1. The lowest BCUT2D eigenvalue weighted by Gasteiger charge is -2.23. The van der Waals surface area contributed by atoms with Crippen molar-refractivity contribution >= 4 is 23.4 Å². The number of carbonyl (C=O) groups is 2. The van der Waals surface area contributed by atoms with Crippen molar-refractivity contribution in [2.45, 2.75) is 18.9 Å². The Morgan fingerprint density at radius 1 is 1.52 bits per heavy atom. The summed E-state index contributed by atoms with van der Waals surface area (Å²) < 4.78 is 4.55. The Kier molecular flexibility index (Phi) is 4.01. The molecule has 2 rings (SSSR count). The Hall–Kier alpha value is -2.71. The van der Waals surface area contributed by atoms with Gasteiger partial charge in [-0.25, -0.2) is 9.78 Å². The number of ether oxygens (including phenoxy) is 1. The molecule has 9 heteroatoms. The number of nitrogens with two attached hydrogens (primary N) is 1. The minimum Gasteiger partial charge on any atom is -0.464 e. The smallest absolute Gasteiger partial charge is 0.356 e. The lowest BCUT2D eigenvalue weighted by Crippen LogP contribution is -2.41. The van der Waals surface area contributed by atoms with Crippen molar-refractivity contribution < 1.29 is 19.2 Å². The van der Waals surface area contributed by atoms with Gasteiger partial charge in [-0.15, -0.1) is 0 Å². The normalized spacial score (nSPS) is 17.6. The van der Waals surface area contributed by atoms with Crippen molar-refractivity contribution in [3.8, 4) is 0 Å². The summed E-state index contributed by atoms with van der Waals surface area (Å²) in [5.74, 6) is -1.32. The molecule has 1 aromatic rings. The molecular formula is C12H14N4O5. The van der Waals surface area contributed by atoms with Crippen LogP contribution in [0, 0.1) is 10.1 Å². The number of amides is 1. The van der Waals surface area contributed by atoms with Crippen molar-refractivity contribution in [2.75, 3.05) is 18.6 Å². The highest BCUT2D eigenvalue weighted by Gasteiger charge is 2.34. The van der Waals surface area contributed by atoms with Gasteiger partial charge in [0, 0.05) is 12.6 Å². The van der Waals surface area contributed by atoms with E-state index in [4.69, 9.17) is 5.73 Å². The monoisotopic (exact) mass is 294 g/mol. The Labute approximate surface area is 119 Å². The maximum absolute atomic E-state index is 11.5. The number of hydrogen-bond acceptors (Lipinski definition) is 7. The number of pyridine rings is 1. The second kappa shape index (κ2) is 5.73. The van der Waals surface area contributed by atoms with Gasteiger partial charge in [-0.05, 0) is 18.9 Å². The van der Waals surface area contributed by atoms with Gasteiger partial charge in [-0.1, -0.05) is 0 Å². The molecule has 112 valence electrons. The number of methoxy groups -OCH3 is 1. The van der Waals surface area contributed by atoms with Crippen LogP contribution < -0.4 is 10.6 Å². The molecule has 1 atom stereocenters. The topological polar surface area (TPSA) is 129 Å². The van der Waals surface area contributed by atoms with Crippen molar-refractivity contribution in [2.24, 2.45) is 5.73 Å². The third-order valence-corrected chi connectivity index (χ3v) is 3.30. The number of carbonyl (C=O) groups excluding carboxylic acids is 2. The molecule has 0 saturated carbocycles. The van der Waals surface area contributed by atoms with Crippen LogP contribution in [0.15, 0.2) is 12.1 Å². The molecule has 0 aromatic carbocycles. The number of esters is 1. The first kappa shape index (κ1) is 14.7. The van der Waals surface area contributed by atoms with Crippen LogP contribution in [0.3, 0.4) is 0 Å². The van der Waals surface area contributed by atoms with Gasteiger partial charge in [0.1, 0.15) is 6.04 Å². The third-order valence-electron chi connectivity index (χ3n) is 3.30. The predicted octanol–water partition coefficient (Wildman–Crippen LogP) is 0.230. The zero-order valence-electron chi connectivity index (χ0n) is 11.3. The summed E-state index contributed by atoms with van der Waals surface area (Å²) >= 11 is 0. The number of hydrogen-bond donors (Lipinski definition) is 1. The second-order valence-corrected chi connectivity index (χ2v) is 4.54. The van der Waals surface area contributed by atoms with Gasteiger partial charge in [-0.2, -0.15) is 0 Å². The molecule has 0 bridgehead atoms. The van der Waals surface area contributed by atoms with Crippen LogP contribution in [0.4, 0.5) is 11.5 Å². The molecule has 9 nitrogen and oxygen atoms in total. The Morgan fingerprint density at radius 3 is 2.81 bits per heavy atom. The Morgan fingerprint density at radius 2 is 2.24 bits per heavy atom. The molecule has 1 unspecified atom stereocenters. The molecule has 1 aromatic heterocycles. The number of rotatable bonds is 4. The average Bonchev–Trinajstić information content (AvgIpc) is 2.95. The molecule has 0 aliphatic carbocycles. The first-order valence-corrected chi connectivity index (χ1v) is 6.25. The van der Waals surface area contributed by atoms with Gasteiger partial charge in [0.05, 0.1) is 12.0 Å². The summed E-state index contributed by atoms with van der Waals surface area (Å²) in [7, 11) is 1.19. The van der Waals surface area contributed by atoms with Gasteiger partial charge >= 0.3 is 11.7 Å².